The summed E-state index contributed by atoms with van der Waals surface area (Å²) in [6, 6.07) is 5.23. The van der Waals surface area contributed by atoms with E-state index in [-0.39, 0.29) is 18.2 Å². The highest BCUT2D eigenvalue weighted by atomic mass is 35.5. The van der Waals surface area contributed by atoms with E-state index < -0.39 is 5.97 Å². The van der Waals surface area contributed by atoms with E-state index in [1.165, 1.54) is 6.92 Å². The number of aliphatic carboxylic acids is 1. The molecule has 1 atom stereocenters. The summed E-state index contributed by atoms with van der Waals surface area (Å²) in [6.07, 6.45) is 0.0262. The predicted octanol–water partition coefficient (Wildman–Crippen LogP) is 2.26. The molecule has 0 fully saturated rings. The van der Waals surface area contributed by atoms with Gasteiger partial charge in [0, 0.05) is 30.1 Å². The van der Waals surface area contributed by atoms with Gasteiger partial charge in [0.1, 0.15) is 0 Å². The lowest BCUT2D eigenvalue weighted by atomic mass is 9.98. The first-order chi connectivity index (χ1) is 7.99. The van der Waals surface area contributed by atoms with E-state index in [2.05, 4.69) is 0 Å². The van der Waals surface area contributed by atoms with Crippen molar-refractivity contribution in [3.63, 3.8) is 0 Å². The molecule has 0 aliphatic carbocycles. The first kappa shape index (κ1) is 11.9. The second kappa shape index (κ2) is 4.37. The monoisotopic (exact) mass is 253 g/mol. The van der Waals surface area contributed by atoms with Crippen LogP contribution in [0.25, 0.3) is 0 Å². The number of carbonyl (C=O) groups is 2. The number of nitrogens with zero attached hydrogens (tertiary/aromatic N) is 1. The molecule has 0 saturated heterocycles. The van der Waals surface area contributed by atoms with Crippen molar-refractivity contribution < 1.29 is 14.7 Å². The van der Waals surface area contributed by atoms with E-state index in [4.69, 9.17) is 16.7 Å². The van der Waals surface area contributed by atoms with Crippen molar-refractivity contribution in [3.8, 4) is 0 Å². The zero-order chi connectivity index (χ0) is 12.6. The Kier molecular flexibility index (Phi) is 3.07. The number of carbonyl (C=O) groups excluding carboxylic acids is 1. The van der Waals surface area contributed by atoms with E-state index in [9.17, 15) is 9.59 Å². The summed E-state index contributed by atoms with van der Waals surface area (Å²) in [4.78, 5) is 23.8. The minimum atomic E-state index is -0.860. The molecule has 0 bridgehead atoms. The summed E-state index contributed by atoms with van der Waals surface area (Å²) in [5.41, 5.74) is 1.61. The maximum absolute atomic E-state index is 11.5. The van der Waals surface area contributed by atoms with Crippen LogP contribution < -0.4 is 4.90 Å². The minimum Gasteiger partial charge on any atom is -0.481 e. The Bertz CT molecular complexity index is 487. The van der Waals surface area contributed by atoms with Crippen LogP contribution in [0.3, 0.4) is 0 Å². The van der Waals surface area contributed by atoms with Crippen LogP contribution in [-0.4, -0.2) is 23.5 Å². The van der Waals surface area contributed by atoms with Crippen molar-refractivity contribution in [3.05, 3.63) is 28.8 Å². The normalized spacial score (nSPS) is 18.0. The smallest absolute Gasteiger partial charge is 0.304 e. The third-order valence-electron chi connectivity index (χ3n) is 2.93. The highest BCUT2D eigenvalue weighted by Gasteiger charge is 2.32. The number of carboxylic acids is 1. The topological polar surface area (TPSA) is 57.6 Å². The number of amides is 1. The molecule has 1 N–H and O–H groups in total. The lowest BCUT2D eigenvalue weighted by Gasteiger charge is -2.14. The number of hydrogen-bond donors (Lipinski definition) is 1. The zero-order valence-electron chi connectivity index (χ0n) is 9.31. The number of benzene rings is 1. The van der Waals surface area contributed by atoms with Crippen LogP contribution in [0.1, 0.15) is 24.8 Å². The molecular formula is C12H12ClNO3. The molecular weight excluding hydrogens is 242 g/mol. The molecule has 4 nitrogen and oxygen atoms in total. The van der Waals surface area contributed by atoms with E-state index >= 15 is 0 Å². The number of carboxylic acid groups (broad SMARTS) is 1. The first-order valence-corrected chi connectivity index (χ1v) is 5.66. The second-order valence-corrected chi connectivity index (χ2v) is 4.56. The average Bonchev–Trinajstić information content (AvgIpc) is 2.55. The minimum absolute atomic E-state index is 0.0262. The molecule has 0 aromatic heterocycles. The summed E-state index contributed by atoms with van der Waals surface area (Å²) >= 11 is 5.89. The number of hydrogen-bond acceptors (Lipinski definition) is 2. The van der Waals surface area contributed by atoms with Gasteiger partial charge >= 0.3 is 5.97 Å². The highest BCUT2D eigenvalue weighted by molar-refractivity contribution is 6.31. The molecule has 90 valence electrons. The van der Waals surface area contributed by atoms with Gasteiger partial charge in [-0.05, 0) is 17.7 Å². The molecule has 1 aliphatic rings. The van der Waals surface area contributed by atoms with Gasteiger partial charge in [0.2, 0.25) is 5.91 Å². The zero-order valence-corrected chi connectivity index (χ0v) is 10.1. The third kappa shape index (κ3) is 2.26. The molecule has 1 heterocycles. The van der Waals surface area contributed by atoms with Crippen molar-refractivity contribution in [2.45, 2.75) is 19.3 Å². The molecule has 0 spiro atoms. The predicted molar refractivity (Wildman–Crippen MR) is 64.5 cm³/mol. The largest absolute Gasteiger partial charge is 0.481 e. The van der Waals surface area contributed by atoms with Crippen LogP contribution in [-0.2, 0) is 9.59 Å². The van der Waals surface area contributed by atoms with Crippen LogP contribution in [0.4, 0.5) is 5.69 Å². The Morgan fingerprint density at radius 1 is 1.53 bits per heavy atom. The van der Waals surface area contributed by atoms with E-state index in [1.54, 1.807) is 23.1 Å². The molecule has 1 aromatic rings. The Morgan fingerprint density at radius 2 is 2.24 bits per heavy atom. The first-order valence-electron chi connectivity index (χ1n) is 5.28. The number of anilines is 1. The summed E-state index contributed by atoms with van der Waals surface area (Å²) < 4.78 is 0. The van der Waals surface area contributed by atoms with Crippen LogP contribution in [0.15, 0.2) is 18.2 Å². The Balaban J connectivity index is 2.40. The van der Waals surface area contributed by atoms with Crippen molar-refractivity contribution in [1.82, 2.24) is 0 Å². The summed E-state index contributed by atoms with van der Waals surface area (Å²) in [5.74, 6) is -1.11. The fourth-order valence-electron chi connectivity index (χ4n) is 2.20. The van der Waals surface area contributed by atoms with Gasteiger partial charge in [0.15, 0.2) is 0 Å². The lowest BCUT2D eigenvalue weighted by Crippen LogP contribution is -2.27. The van der Waals surface area contributed by atoms with Gasteiger partial charge in [0.05, 0.1) is 6.42 Å². The van der Waals surface area contributed by atoms with Crippen molar-refractivity contribution in [2.24, 2.45) is 0 Å². The number of halogens is 1. The standard InChI is InChI=1S/C12H12ClNO3/c1-7(15)14-6-8(4-12(16)17)10-3-2-9(13)5-11(10)14/h2-3,5,8H,4,6H2,1H3,(H,16,17). The Labute approximate surface area is 104 Å². The van der Waals surface area contributed by atoms with Crippen LogP contribution in [0.2, 0.25) is 5.02 Å². The third-order valence-corrected chi connectivity index (χ3v) is 3.16. The Hall–Kier alpha value is -1.55. The molecule has 17 heavy (non-hydrogen) atoms. The maximum Gasteiger partial charge on any atom is 0.304 e. The molecule has 1 amide bonds. The average molecular weight is 254 g/mol. The van der Waals surface area contributed by atoms with Gasteiger partial charge in [0.25, 0.3) is 0 Å². The van der Waals surface area contributed by atoms with Gasteiger partial charge in [-0.25, -0.2) is 0 Å². The van der Waals surface area contributed by atoms with Gasteiger partial charge in [-0.15, -0.1) is 0 Å². The van der Waals surface area contributed by atoms with Gasteiger partial charge in [-0.2, -0.15) is 0 Å². The fraction of sp³-hybridized carbons (Fsp3) is 0.333. The highest BCUT2D eigenvalue weighted by Crippen LogP contribution is 2.39. The maximum atomic E-state index is 11.5. The molecule has 1 aliphatic heterocycles. The molecule has 0 saturated carbocycles. The summed E-state index contributed by atoms with van der Waals surface area (Å²) in [7, 11) is 0. The fourth-order valence-corrected chi connectivity index (χ4v) is 2.36. The van der Waals surface area contributed by atoms with E-state index in [0.29, 0.717) is 11.6 Å². The van der Waals surface area contributed by atoms with Gasteiger partial charge < -0.3 is 10.0 Å². The van der Waals surface area contributed by atoms with E-state index in [1.807, 2.05) is 0 Å². The number of rotatable bonds is 2. The molecule has 0 radical (unpaired) electrons. The SMILES string of the molecule is CC(=O)N1CC(CC(=O)O)c2ccc(Cl)cc21. The molecule has 1 unspecified atom stereocenters. The molecule has 5 heteroatoms. The van der Waals surface area contributed by atoms with Gasteiger partial charge in [-0.1, -0.05) is 17.7 Å². The number of fused-ring (bicyclic) bond motifs is 1. The Morgan fingerprint density at radius 3 is 2.82 bits per heavy atom. The van der Waals surface area contributed by atoms with Gasteiger partial charge in [-0.3, -0.25) is 9.59 Å². The lowest BCUT2D eigenvalue weighted by molar-refractivity contribution is -0.137. The van der Waals surface area contributed by atoms with Crippen molar-refractivity contribution >= 4 is 29.2 Å². The molecule has 1 aromatic carbocycles. The summed E-state index contributed by atoms with van der Waals surface area (Å²) in [5, 5.41) is 9.40. The van der Waals surface area contributed by atoms with Crippen LogP contribution in [0, 0.1) is 0 Å². The second-order valence-electron chi connectivity index (χ2n) is 4.13. The van der Waals surface area contributed by atoms with Crippen LogP contribution in [0.5, 0.6) is 0 Å². The van der Waals surface area contributed by atoms with Crippen molar-refractivity contribution in [2.75, 3.05) is 11.4 Å². The quantitative estimate of drug-likeness (QED) is 0.880. The molecule has 2 rings (SSSR count). The van der Waals surface area contributed by atoms with Crippen LogP contribution >= 0.6 is 11.6 Å². The van der Waals surface area contributed by atoms with Crippen molar-refractivity contribution in [1.29, 1.82) is 0 Å². The van der Waals surface area contributed by atoms with E-state index in [0.717, 1.165) is 11.3 Å². The summed E-state index contributed by atoms with van der Waals surface area (Å²) in [6.45, 7) is 1.88.